The number of rotatable bonds is 1. The number of ketones is 1. The zero-order valence-corrected chi connectivity index (χ0v) is 11.7. The minimum atomic E-state index is -5.03. The molecule has 3 nitrogen and oxygen atoms in total. The molecule has 0 saturated carbocycles. The monoisotopic (exact) mass is 290 g/mol. The molecule has 1 heterocycles. The maximum Gasteiger partial charge on any atom is 0.454 e. The zero-order valence-electron chi connectivity index (χ0n) is 10.9. The Labute approximate surface area is 113 Å². The van der Waals surface area contributed by atoms with Gasteiger partial charge in [0.1, 0.15) is 17.0 Å². The molecule has 1 aromatic heterocycles. The molecular formula is C12H13F3N2OS. The van der Waals surface area contributed by atoms with Crippen LogP contribution >= 0.6 is 11.3 Å². The first-order valence-corrected chi connectivity index (χ1v) is 6.33. The summed E-state index contributed by atoms with van der Waals surface area (Å²) >= 11 is 0.641. The van der Waals surface area contributed by atoms with Gasteiger partial charge in [0.25, 0.3) is 5.78 Å². The smallest absolute Gasteiger partial charge is 0.284 e. The van der Waals surface area contributed by atoms with Gasteiger partial charge in [0, 0.05) is 5.38 Å². The van der Waals surface area contributed by atoms with Gasteiger partial charge in [-0.15, -0.1) is 11.3 Å². The van der Waals surface area contributed by atoms with E-state index in [0.29, 0.717) is 11.3 Å². The molecule has 1 rings (SSSR count). The minimum absolute atomic E-state index is 0.190. The highest BCUT2D eigenvalue weighted by molar-refractivity contribution is 7.11. The van der Waals surface area contributed by atoms with Crippen molar-refractivity contribution in [2.45, 2.75) is 33.9 Å². The van der Waals surface area contributed by atoms with Crippen molar-refractivity contribution in [3.8, 4) is 12.1 Å². The maximum absolute atomic E-state index is 12.0. The number of thiophene rings is 1. The number of nitriles is 2. The van der Waals surface area contributed by atoms with Gasteiger partial charge in [0.05, 0.1) is 11.1 Å². The van der Waals surface area contributed by atoms with Crippen molar-refractivity contribution < 1.29 is 18.0 Å². The van der Waals surface area contributed by atoms with Crippen LogP contribution in [0.5, 0.6) is 0 Å². The lowest BCUT2D eigenvalue weighted by molar-refractivity contribution is -0.0885. The second-order valence-corrected chi connectivity index (χ2v) is 3.28. The largest absolute Gasteiger partial charge is 0.454 e. The van der Waals surface area contributed by atoms with Crippen LogP contribution < -0.4 is 0 Å². The van der Waals surface area contributed by atoms with Crippen LogP contribution in [0.15, 0.2) is 5.38 Å². The Hall–Kier alpha value is -1.86. The molecule has 0 fully saturated rings. The molecule has 0 unspecified atom stereocenters. The van der Waals surface area contributed by atoms with E-state index in [1.807, 2.05) is 27.7 Å². The van der Waals surface area contributed by atoms with Gasteiger partial charge in [-0.05, 0) is 0 Å². The summed E-state index contributed by atoms with van der Waals surface area (Å²) in [5.41, 5.74) is -1.27. The average Bonchev–Trinajstić information content (AvgIpc) is 2.83. The molecule has 104 valence electrons. The molecule has 0 saturated heterocycles. The number of carbonyl (C=O) groups excluding carboxylic acids is 1. The van der Waals surface area contributed by atoms with E-state index in [1.165, 1.54) is 6.07 Å². The molecule has 0 aliphatic rings. The number of nitrogens with zero attached hydrogens (tertiary/aromatic N) is 2. The van der Waals surface area contributed by atoms with E-state index < -0.39 is 23.1 Å². The molecule has 7 heteroatoms. The highest BCUT2D eigenvalue weighted by atomic mass is 32.1. The third-order valence-corrected chi connectivity index (χ3v) is 2.39. The first-order valence-electron chi connectivity index (χ1n) is 5.45. The molecular weight excluding hydrogens is 277 g/mol. The quantitative estimate of drug-likeness (QED) is 0.725. The van der Waals surface area contributed by atoms with Crippen molar-refractivity contribution in [1.82, 2.24) is 0 Å². The maximum atomic E-state index is 12.0. The topological polar surface area (TPSA) is 64.7 Å². The minimum Gasteiger partial charge on any atom is -0.284 e. The number of hydrogen-bond donors (Lipinski definition) is 0. The molecule has 0 N–H and O–H groups in total. The van der Waals surface area contributed by atoms with E-state index in [4.69, 9.17) is 10.5 Å². The number of hydrogen-bond acceptors (Lipinski definition) is 4. The molecule has 0 aromatic carbocycles. The van der Waals surface area contributed by atoms with E-state index in [-0.39, 0.29) is 4.88 Å². The number of carbonyl (C=O) groups is 1. The van der Waals surface area contributed by atoms with E-state index in [1.54, 1.807) is 6.07 Å². The lowest BCUT2D eigenvalue weighted by Crippen LogP contribution is -2.23. The number of halogens is 3. The van der Waals surface area contributed by atoms with Gasteiger partial charge in [-0.2, -0.15) is 23.7 Å². The summed E-state index contributed by atoms with van der Waals surface area (Å²) in [5.74, 6) is -2.10. The summed E-state index contributed by atoms with van der Waals surface area (Å²) in [6.07, 6.45) is -5.03. The van der Waals surface area contributed by atoms with Crippen molar-refractivity contribution in [3.05, 3.63) is 21.4 Å². The number of alkyl halides is 3. The molecule has 19 heavy (non-hydrogen) atoms. The predicted octanol–water partition coefficient (Wildman–Crippen LogP) is 4.29. The van der Waals surface area contributed by atoms with Crippen LogP contribution in [0.2, 0.25) is 0 Å². The Morgan fingerprint density at radius 3 is 1.95 bits per heavy atom. The Kier molecular flexibility index (Phi) is 9.35. The van der Waals surface area contributed by atoms with Crippen LogP contribution in [0, 0.1) is 22.7 Å². The fraction of sp³-hybridized carbons (Fsp3) is 0.417. The molecule has 0 atom stereocenters. The standard InChI is InChI=1S/C8HF3N2OS.2C2H6/c9-8(10,11)7(14)5-3-15-6(2-13)4(5)1-12;2*1-2/h3H;2*1-2H3. The molecule has 1 aromatic rings. The summed E-state index contributed by atoms with van der Waals surface area (Å²) in [7, 11) is 0. The van der Waals surface area contributed by atoms with E-state index >= 15 is 0 Å². The van der Waals surface area contributed by atoms with Crippen molar-refractivity contribution >= 4 is 17.1 Å². The summed E-state index contributed by atoms with van der Waals surface area (Å²) in [6.45, 7) is 8.00. The first-order chi connectivity index (χ1) is 8.91. The lowest BCUT2D eigenvalue weighted by atomic mass is 10.1. The van der Waals surface area contributed by atoms with Crippen molar-refractivity contribution in [3.63, 3.8) is 0 Å². The Morgan fingerprint density at radius 1 is 1.16 bits per heavy atom. The Bertz CT molecular complexity index is 493. The lowest BCUT2D eigenvalue weighted by Gasteiger charge is -2.02. The predicted molar refractivity (Wildman–Crippen MR) is 66.8 cm³/mol. The first kappa shape index (κ1) is 19.5. The third-order valence-electron chi connectivity index (χ3n) is 1.51. The van der Waals surface area contributed by atoms with Gasteiger partial charge in [-0.25, -0.2) is 0 Å². The average molecular weight is 290 g/mol. The van der Waals surface area contributed by atoms with Crippen molar-refractivity contribution in [1.29, 1.82) is 10.5 Å². The van der Waals surface area contributed by atoms with Gasteiger partial charge in [-0.1, -0.05) is 27.7 Å². The zero-order chi connectivity index (χ0) is 15.6. The normalized spacial score (nSPS) is 8.89. The van der Waals surface area contributed by atoms with Crippen LogP contribution in [0.3, 0.4) is 0 Å². The van der Waals surface area contributed by atoms with Gasteiger partial charge in [0.15, 0.2) is 0 Å². The second kappa shape index (κ2) is 9.12. The highest BCUT2D eigenvalue weighted by Gasteiger charge is 2.41. The fourth-order valence-corrected chi connectivity index (χ4v) is 1.66. The van der Waals surface area contributed by atoms with Gasteiger partial charge in [0.2, 0.25) is 0 Å². The van der Waals surface area contributed by atoms with Crippen LogP contribution in [-0.2, 0) is 0 Å². The summed E-state index contributed by atoms with van der Waals surface area (Å²) in [6, 6.07) is 2.96. The van der Waals surface area contributed by atoms with Crippen LogP contribution in [-0.4, -0.2) is 12.0 Å². The molecule has 0 spiro atoms. The summed E-state index contributed by atoms with van der Waals surface area (Å²) in [5, 5.41) is 17.9. The third kappa shape index (κ3) is 5.11. The molecule has 0 aliphatic carbocycles. The SMILES string of the molecule is CC.CC.N#Cc1scc(C(=O)C(F)(F)F)c1C#N. The van der Waals surface area contributed by atoms with Gasteiger partial charge >= 0.3 is 6.18 Å². The Morgan fingerprint density at radius 2 is 1.63 bits per heavy atom. The van der Waals surface area contributed by atoms with E-state index in [2.05, 4.69) is 0 Å². The molecule has 0 amide bonds. The van der Waals surface area contributed by atoms with Crippen LogP contribution in [0.1, 0.15) is 48.5 Å². The number of Topliss-reactive ketones (excluding diaryl/α,β-unsaturated/α-hetero) is 1. The molecule has 0 aliphatic heterocycles. The molecule has 0 radical (unpaired) electrons. The highest BCUT2D eigenvalue weighted by Crippen LogP contribution is 2.28. The van der Waals surface area contributed by atoms with Gasteiger partial charge < -0.3 is 0 Å². The van der Waals surface area contributed by atoms with E-state index in [9.17, 15) is 18.0 Å². The second-order valence-electron chi connectivity index (χ2n) is 2.40. The van der Waals surface area contributed by atoms with Crippen LogP contribution in [0.25, 0.3) is 0 Å². The van der Waals surface area contributed by atoms with Gasteiger partial charge in [-0.3, -0.25) is 4.79 Å². The molecule has 0 bridgehead atoms. The van der Waals surface area contributed by atoms with Crippen molar-refractivity contribution in [2.24, 2.45) is 0 Å². The Balaban J connectivity index is 0. The van der Waals surface area contributed by atoms with Crippen molar-refractivity contribution in [2.75, 3.05) is 0 Å². The summed E-state index contributed by atoms with van der Waals surface area (Å²) in [4.78, 5) is 10.6. The fourth-order valence-electron chi connectivity index (χ4n) is 0.871. The van der Waals surface area contributed by atoms with E-state index in [0.717, 1.165) is 5.38 Å². The van der Waals surface area contributed by atoms with Crippen LogP contribution in [0.4, 0.5) is 13.2 Å². The summed E-state index contributed by atoms with van der Waals surface area (Å²) < 4.78 is 36.1.